The van der Waals surface area contributed by atoms with E-state index in [1.54, 1.807) is 7.11 Å². The molecule has 0 aliphatic heterocycles. The summed E-state index contributed by atoms with van der Waals surface area (Å²) >= 11 is 0. The molecule has 0 aliphatic rings. The molecule has 0 aliphatic carbocycles. The van der Waals surface area contributed by atoms with Gasteiger partial charge < -0.3 is 15.8 Å². The van der Waals surface area contributed by atoms with Crippen molar-refractivity contribution in [3.63, 3.8) is 0 Å². The standard InChI is InChI=1S/C10H24N2O/c1-4-9(5-2)7-12-8-10(6-11)13-3/h9-10,12H,4-8,11H2,1-3H3. The van der Waals surface area contributed by atoms with Gasteiger partial charge in [-0.2, -0.15) is 0 Å². The Morgan fingerprint density at radius 1 is 1.23 bits per heavy atom. The van der Waals surface area contributed by atoms with Gasteiger partial charge in [0.15, 0.2) is 0 Å². The fraction of sp³-hybridized carbons (Fsp3) is 1.00. The van der Waals surface area contributed by atoms with E-state index in [0.29, 0.717) is 6.54 Å². The van der Waals surface area contributed by atoms with E-state index in [9.17, 15) is 0 Å². The number of nitrogens with two attached hydrogens (primary N) is 1. The van der Waals surface area contributed by atoms with Gasteiger partial charge in [-0.25, -0.2) is 0 Å². The van der Waals surface area contributed by atoms with Gasteiger partial charge in [-0.3, -0.25) is 0 Å². The first-order valence-electron chi connectivity index (χ1n) is 5.21. The van der Waals surface area contributed by atoms with Crippen LogP contribution in [0, 0.1) is 5.92 Å². The van der Waals surface area contributed by atoms with Gasteiger partial charge in [-0.15, -0.1) is 0 Å². The van der Waals surface area contributed by atoms with E-state index in [4.69, 9.17) is 10.5 Å². The summed E-state index contributed by atoms with van der Waals surface area (Å²) in [5, 5.41) is 3.38. The molecule has 0 radical (unpaired) electrons. The first-order chi connectivity index (χ1) is 6.28. The number of nitrogens with one attached hydrogen (secondary N) is 1. The van der Waals surface area contributed by atoms with E-state index >= 15 is 0 Å². The number of hydrogen-bond donors (Lipinski definition) is 2. The molecule has 0 aromatic carbocycles. The van der Waals surface area contributed by atoms with E-state index in [1.807, 2.05) is 0 Å². The van der Waals surface area contributed by atoms with Crippen LogP contribution in [0.15, 0.2) is 0 Å². The second-order valence-corrected chi connectivity index (χ2v) is 3.43. The molecule has 3 N–H and O–H groups in total. The lowest BCUT2D eigenvalue weighted by Crippen LogP contribution is -2.36. The SMILES string of the molecule is CCC(CC)CNCC(CN)OC. The molecule has 3 heteroatoms. The highest BCUT2D eigenvalue weighted by Gasteiger charge is 2.06. The van der Waals surface area contributed by atoms with E-state index < -0.39 is 0 Å². The van der Waals surface area contributed by atoms with Crippen LogP contribution in [0.1, 0.15) is 26.7 Å². The van der Waals surface area contributed by atoms with Crippen molar-refractivity contribution in [2.75, 3.05) is 26.7 Å². The zero-order chi connectivity index (χ0) is 10.1. The summed E-state index contributed by atoms with van der Waals surface area (Å²) in [7, 11) is 1.70. The smallest absolute Gasteiger partial charge is 0.0817 e. The maximum absolute atomic E-state index is 5.50. The number of ether oxygens (including phenoxy) is 1. The van der Waals surface area contributed by atoms with Crippen LogP contribution in [-0.2, 0) is 4.74 Å². The predicted octanol–water partition coefficient (Wildman–Crippen LogP) is 0.986. The second-order valence-electron chi connectivity index (χ2n) is 3.43. The topological polar surface area (TPSA) is 47.3 Å². The van der Waals surface area contributed by atoms with Crippen molar-refractivity contribution >= 4 is 0 Å². The maximum atomic E-state index is 5.50. The third-order valence-corrected chi connectivity index (χ3v) is 2.56. The highest BCUT2D eigenvalue weighted by molar-refractivity contribution is 4.64. The van der Waals surface area contributed by atoms with E-state index in [1.165, 1.54) is 12.8 Å². The Kier molecular flexibility index (Phi) is 8.40. The Balaban J connectivity index is 3.41. The van der Waals surface area contributed by atoms with Gasteiger partial charge in [0.25, 0.3) is 0 Å². The molecule has 0 amide bonds. The van der Waals surface area contributed by atoms with Gasteiger partial charge in [0.05, 0.1) is 6.10 Å². The van der Waals surface area contributed by atoms with Crippen molar-refractivity contribution in [1.82, 2.24) is 5.32 Å². The van der Waals surface area contributed by atoms with Crippen LogP contribution < -0.4 is 11.1 Å². The maximum Gasteiger partial charge on any atom is 0.0817 e. The molecule has 80 valence electrons. The van der Waals surface area contributed by atoms with Crippen LogP contribution in [-0.4, -0.2) is 32.8 Å². The third kappa shape index (κ3) is 6.02. The lowest BCUT2D eigenvalue weighted by Gasteiger charge is -2.17. The molecule has 3 nitrogen and oxygen atoms in total. The molecule has 0 saturated heterocycles. The van der Waals surface area contributed by atoms with Gasteiger partial charge in [0, 0.05) is 20.2 Å². The van der Waals surface area contributed by atoms with E-state index in [0.717, 1.165) is 19.0 Å². The van der Waals surface area contributed by atoms with Crippen molar-refractivity contribution in [3.05, 3.63) is 0 Å². The van der Waals surface area contributed by atoms with Crippen molar-refractivity contribution in [1.29, 1.82) is 0 Å². The zero-order valence-corrected chi connectivity index (χ0v) is 9.18. The van der Waals surface area contributed by atoms with Crippen LogP contribution in [0.3, 0.4) is 0 Å². The summed E-state index contributed by atoms with van der Waals surface area (Å²) in [5.41, 5.74) is 5.50. The minimum atomic E-state index is 0.161. The molecule has 1 atom stereocenters. The Morgan fingerprint density at radius 3 is 2.23 bits per heavy atom. The average molecular weight is 188 g/mol. The van der Waals surface area contributed by atoms with Crippen LogP contribution in [0.4, 0.5) is 0 Å². The van der Waals surface area contributed by atoms with Crippen molar-refractivity contribution < 1.29 is 4.74 Å². The molecule has 0 heterocycles. The molecular formula is C10H24N2O. The largest absolute Gasteiger partial charge is 0.379 e. The molecule has 0 aromatic heterocycles. The predicted molar refractivity (Wildman–Crippen MR) is 56.8 cm³/mol. The molecule has 1 unspecified atom stereocenters. The molecule has 0 rings (SSSR count). The Labute approximate surface area is 82.0 Å². The summed E-state index contributed by atoms with van der Waals surface area (Å²) < 4.78 is 5.16. The van der Waals surface area contributed by atoms with Gasteiger partial charge in [0.1, 0.15) is 0 Å². The van der Waals surface area contributed by atoms with Crippen LogP contribution in [0.5, 0.6) is 0 Å². The summed E-state index contributed by atoms with van der Waals surface area (Å²) in [6, 6.07) is 0. The lowest BCUT2D eigenvalue weighted by atomic mass is 10.0. The van der Waals surface area contributed by atoms with Gasteiger partial charge >= 0.3 is 0 Å². The first kappa shape index (κ1) is 12.9. The normalized spacial score (nSPS) is 13.6. The molecular weight excluding hydrogens is 164 g/mol. The quantitative estimate of drug-likeness (QED) is 0.597. The molecule has 0 spiro atoms. The van der Waals surface area contributed by atoms with Crippen LogP contribution in [0.2, 0.25) is 0 Å². The fourth-order valence-corrected chi connectivity index (χ4v) is 1.29. The van der Waals surface area contributed by atoms with Crippen molar-refractivity contribution in [2.45, 2.75) is 32.8 Å². The second kappa shape index (κ2) is 8.48. The summed E-state index contributed by atoms with van der Waals surface area (Å²) in [6.45, 7) is 6.99. The van der Waals surface area contributed by atoms with Crippen molar-refractivity contribution in [2.24, 2.45) is 11.7 Å². The van der Waals surface area contributed by atoms with Crippen molar-refractivity contribution in [3.8, 4) is 0 Å². The van der Waals surface area contributed by atoms with Gasteiger partial charge in [0.2, 0.25) is 0 Å². The first-order valence-corrected chi connectivity index (χ1v) is 5.21. The summed E-state index contributed by atoms with van der Waals surface area (Å²) in [4.78, 5) is 0. The monoisotopic (exact) mass is 188 g/mol. The van der Waals surface area contributed by atoms with Crippen LogP contribution >= 0.6 is 0 Å². The lowest BCUT2D eigenvalue weighted by molar-refractivity contribution is 0.107. The molecule has 0 aromatic rings. The van der Waals surface area contributed by atoms with E-state index in [2.05, 4.69) is 19.2 Å². The Bertz CT molecular complexity index is 89.1. The molecule has 0 saturated carbocycles. The molecule has 13 heavy (non-hydrogen) atoms. The summed E-state index contributed by atoms with van der Waals surface area (Å²) in [6.07, 6.45) is 2.64. The minimum absolute atomic E-state index is 0.161. The highest BCUT2D eigenvalue weighted by atomic mass is 16.5. The average Bonchev–Trinajstić information content (AvgIpc) is 2.19. The Hall–Kier alpha value is -0.120. The van der Waals surface area contributed by atoms with Gasteiger partial charge in [-0.1, -0.05) is 26.7 Å². The zero-order valence-electron chi connectivity index (χ0n) is 9.18. The molecule has 0 bridgehead atoms. The number of rotatable bonds is 8. The molecule has 0 fully saturated rings. The fourth-order valence-electron chi connectivity index (χ4n) is 1.29. The third-order valence-electron chi connectivity index (χ3n) is 2.56. The van der Waals surface area contributed by atoms with Gasteiger partial charge in [-0.05, 0) is 12.5 Å². The summed E-state index contributed by atoms with van der Waals surface area (Å²) in [5.74, 6) is 0.787. The number of methoxy groups -OCH3 is 1. The number of hydrogen-bond acceptors (Lipinski definition) is 3. The van der Waals surface area contributed by atoms with Crippen LogP contribution in [0.25, 0.3) is 0 Å². The Morgan fingerprint density at radius 2 is 1.85 bits per heavy atom. The highest BCUT2D eigenvalue weighted by Crippen LogP contribution is 2.04. The van der Waals surface area contributed by atoms with E-state index in [-0.39, 0.29) is 6.10 Å². The minimum Gasteiger partial charge on any atom is -0.379 e.